The number of hydrogen-bond donors (Lipinski definition) is 1. The third-order valence-electron chi connectivity index (χ3n) is 4.42. The number of pyridine rings is 1. The topological polar surface area (TPSA) is 57.7 Å². The zero-order chi connectivity index (χ0) is 17.6. The van der Waals surface area contributed by atoms with E-state index in [2.05, 4.69) is 15.2 Å². The minimum absolute atomic E-state index is 0.0537. The molecule has 1 aromatic heterocycles. The lowest BCUT2D eigenvalue weighted by Crippen LogP contribution is -2.49. The van der Waals surface area contributed by atoms with E-state index in [4.69, 9.17) is 4.74 Å². The summed E-state index contributed by atoms with van der Waals surface area (Å²) < 4.78 is 5.25. The van der Waals surface area contributed by atoms with Gasteiger partial charge in [0.15, 0.2) is 0 Å². The molecule has 1 fully saturated rings. The normalized spacial score (nSPS) is 15.0. The van der Waals surface area contributed by atoms with Crippen LogP contribution in [0.3, 0.4) is 0 Å². The number of nitrogens with zero attached hydrogens (tertiary/aromatic N) is 3. The fourth-order valence-electron chi connectivity index (χ4n) is 2.99. The maximum Gasteiger partial charge on any atom is 0.321 e. The Labute approximate surface area is 148 Å². The van der Waals surface area contributed by atoms with Gasteiger partial charge < -0.3 is 15.0 Å². The summed E-state index contributed by atoms with van der Waals surface area (Å²) in [6.45, 7) is 5.93. The van der Waals surface area contributed by atoms with Crippen molar-refractivity contribution in [3.63, 3.8) is 0 Å². The van der Waals surface area contributed by atoms with Crippen LogP contribution in [0.2, 0.25) is 0 Å². The molecule has 1 N–H and O–H groups in total. The Hall–Kier alpha value is -2.60. The average Bonchev–Trinajstić information content (AvgIpc) is 2.63. The molecular formula is C19H24N4O2. The second kappa shape index (κ2) is 7.98. The van der Waals surface area contributed by atoms with Crippen molar-refractivity contribution in [2.24, 2.45) is 0 Å². The van der Waals surface area contributed by atoms with Crippen LogP contribution in [0, 0.1) is 6.92 Å². The van der Waals surface area contributed by atoms with Crippen LogP contribution in [0.1, 0.15) is 11.3 Å². The van der Waals surface area contributed by atoms with Gasteiger partial charge in [0.1, 0.15) is 5.75 Å². The van der Waals surface area contributed by atoms with Crippen LogP contribution >= 0.6 is 0 Å². The van der Waals surface area contributed by atoms with Crippen molar-refractivity contribution in [1.29, 1.82) is 0 Å². The molecule has 0 spiro atoms. The van der Waals surface area contributed by atoms with Crippen molar-refractivity contribution < 1.29 is 9.53 Å². The van der Waals surface area contributed by atoms with E-state index in [0.717, 1.165) is 42.3 Å². The molecule has 6 nitrogen and oxygen atoms in total. The quantitative estimate of drug-likeness (QED) is 0.930. The first-order chi connectivity index (χ1) is 12.2. The number of piperazine rings is 1. The maximum absolute atomic E-state index is 12.5. The number of ether oxygens (including phenoxy) is 1. The Morgan fingerprint density at radius 1 is 1.20 bits per heavy atom. The summed E-state index contributed by atoms with van der Waals surface area (Å²) in [7, 11) is 1.64. The lowest BCUT2D eigenvalue weighted by Gasteiger charge is -2.34. The van der Waals surface area contributed by atoms with E-state index in [0.29, 0.717) is 13.1 Å². The Balaban J connectivity index is 1.50. The predicted molar refractivity (Wildman–Crippen MR) is 97.8 cm³/mol. The van der Waals surface area contributed by atoms with Crippen LogP contribution in [-0.4, -0.2) is 54.1 Å². The van der Waals surface area contributed by atoms with Crippen LogP contribution in [0.15, 0.2) is 42.6 Å². The summed E-state index contributed by atoms with van der Waals surface area (Å²) in [5, 5.41) is 2.97. The number of rotatable bonds is 4. The first-order valence-corrected chi connectivity index (χ1v) is 8.48. The van der Waals surface area contributed by atoms with Gasteiger partial charge in [0.05, 0.1) is 12.8 Å². The molecule has 25 heavy (non-hydrogen) atoms. The van der Waals surface area contributed by atoms with Crippen LogP contribution in [0.25, 0.3) is 0 Å². The highest BCUT2D eigenvalue weighted by atomic mass is 16.5. The van der Waals surface area contributed by atoms with Crippen molar-refractivity contribution in [2.45, 2.75) is 13.5 Å². The zero-order valence-corrected chi connectivity index (χ0v) is 14.7. The fourth-order valence-corrected chi connectivity index (χ4v) is 2.99. The number of methoxy groups -OCH3 is 1. The summed E-state index contributed by atoms with van der Waals surface area (Å²) in [5.41, 5.74) is 2.86. The molecule has 1 aromatic carbocycles. The number of amides is 2. The summed E-state index contributed by atoms with van der Waals surface area (Å²) in [6.07, 6.45) is 1.82. The number of carbonyl (C=O) groups is 1. The lowest BCUT2D eigenvalue weighted by molar-refractivity contribution is 0.142. The highest BCUT2D eigenvalue weighted by Gasteiger charge is 2.21. The molecule has 0 aliphatic carbocycles. The zero-order valence-electron chi connectivity index (χ0n) is 14.7. The molecular weight excluding hydrogens is 316 g/mol. The molecule has 2 heterocycles. The first-order valence-electron chi connectivity index (χ1n) is 8.48. The molecule has 1 saturated heterocycles. The van der Waals surface area contributed by atoms with Gasteiger partial charge in [-0.2, -0.15) is 0 Å². The number of hydrogen-bond acceptors (Lipinski definition) is 4. The van der Waals surface area contributed by atoms with Gasteiger partial charge >= 0.3 is 6.03 Å². The van der Waals surface area contributed by atoms with E-state index < -0.39 is 0 Å². The second-order valence-corrected chi connectivity index (χ2v) is 6.20. The Morgan fingerprint density at radius 3 is 2.64 bits per heavy atom. The Bertz CT molecular complexity index is 713. The molecule has 1 aliphatic rings. The predicted octanol–water partition coefficient (Wildman–Crippen LogP) is 2.75. The fraction of sp³-hybridized carbons (Fsp3) is 0.368. The van der Waals surface area contributed by atoms with Gasteiger partial charge in [-0.05, 0) is 42.8 Å². The molecule has 6 heteroatoms. The van der Waals surface area contributed by atoms with Gasteiger partial charge in [0.25, 0.3) is 0 Å². The van der Waals surface area contributed by atoms with Crippen molar-refractivity contribution in [3.8, 4) is 5.75 Å². The Kier molecular flexibility index (Phi) is 5.50. The number of anilines is 1. The van der Waals surface area contributed by atoms with Crippen molar-refractivity contribution in [2.75, 3.05) is 38.6 Å². The van der Waals surface area contributed by atoms with Gasteiger partial charge in [-0.15, -0.1) is 0 Å². The van der Waals surface area contributed by atoms with Gasteiger partial charge in [-0.1, -0.05) is 6.07 Å². The van der Waals surface area contributed by atoms with Crippen molar-refractivity contribution >= 4 is 11.7 Å². The first kappa shape index (κ1) is 17.2. The van der Waals surface area contributed by atoms with E-state index in [9.17, 15) is 4.79 Å². The van der Waals surface area contributed by atoms with E-state index in [1.165, 1.54) is 0 Å². The summed E-state index contributed by atoms with van der Waals surface area (Å²) in [5.74, 6) is 0.820. The number of urea groups is 1. The van der Waals surface area contributed by atoms with E-state index >= 15 is 0 Å². The number of aromatic nitrogens is 1. The smallest absolute Gasteiger partial charge is 0.321 e. The molecule has 2 amide bonds. The standard InChI is InChI=1S/C19H24N4O2/c1-15-13-16(6-7-18(15)25-2)21-19(24)23-11-9-22(10-12-23)14-17-5-3-4-8-20-17/h3-8,13H,9-12,14H2,1-2H3,(H,21,24). The molecule has 0 bridgehead atoms. The molecule has 0 atom stereocenters. The average molecular weight is 340 g/mol. The van der Waals surface area contributed by atoms with Gasteiger partial charge in [-0.25, -0.2) is 4.79 Å². The number of carbonyl (C=O) groups excluding carboxylic acids is 1. The minimum Gasteiger partial charge on any atom is -0.496 e. The van der Waals surface area contributed by atoms with Crippen molar-refractivity contribution in [1.82, 2.24) is 14.8 Å². The van der Waals surface area contributed by atoms with Crippen LogP contribution in [-0.2, 0) is 6.54 Å². The molecule has 0 saturated carbocycles. The lowest BCUT2D eigenvalue weighted by atomic mass is 10.2. The number of aryl methyl sites for hydroxylation is 1. The number of benzene rings is 1. The molecule has 1 aliphatic heterocycles. The van der Waals surface area contributed by atoms with Gasteiger partial charge in [0.2, 0.25) is 0 Å². The second-order valence-electron chi connectivity index (χ2n) is 6.20. The third kappa shape index (κ3) is 4.48. The maximum atomic E-state index is 12.5. The van der Waals surface area contributed by atoms with E-state index in [1.807, 2.05) is 54.4 Å². The molecule has 132 valence electrons. The van der Waals surface area contributed by atoms with Crippen LogP contribution < -0.4 is 10.1 Å². The third-order valence-corrected chi connectivity index (χ3v) is 4.42. The molecule has 2 aromatic rings. The molecule has 0 unspecified atom stereocenters. The highest BCUT2D eigenvalue weighted by molar-refractivity contribution is 5.89. The summed E-state index contributed by atoms with van der Waals surface area (Å²) in [6, 6.07) is 11.6. The SMILES string of the molecule is COc1ccc(NC(=O)N2CCN(Cc3ccccn3)CC2)cc1C. The van der Waals surface area contributed by atoms with Crippen molar-refractivity contribution in [3.05, 3.63) is 53.9 Å². The summed E-state index contributed by atoms with van der Waals surface area (Å²) in [4.78, 5) is 21.0. The van der Waals surface area contributed by atoms with E-state index in [-0.39, 0.29) is 6.03 Å². The monoisotopic (exact) mass is 340 g/mol. The highest BCUT2D eigenvalue weighted by Crippen LogP contribution is 2.21. The summed E-state index contributed by atoms with van der Waals surface area (Å²) >= 11 is 0. The molecule has 3 rings (SSSR count). The molecule has 0 radical (unpaired) electrons. The minimum atomic E-state index is -0.0537. The Morgan fingerprint density at radius 2 is 2.00 bits per heavy atom. The van der Waals surface area contributed by atoms with Gasteiger partial charge in [0, 0.05) is 44.6 Å². The van der Waals surface area contributed by atoms with E-state index in [1.54, 1.807) is 7.11 Å². The largest absolute Gasteiger partial charge is 0.496 e. The number of nitrogens with one attached hydrogen (secondary N) is 1. The van der Waals surface area contributed by atoms with Gasteiger partial charge in [-0.3, -0.25) is 9.88 Å². The van der Waals surface area contributed by atoms with Crippen LogP contribution in [0.5, 0.6) is 5.75 Å². The van der Waals surface area contributed by atoms with Crippen LogP contribution in [0.4, 0.5) is 10.5 Å².